The summed E-state index contributed by atoms with van der Waals surface area (Å²) in [7, 11) is 5.91. The van der Waals surface area contributed by atoms with Crippen molar-refractivity contribution in [3.8, 4) is 0 Å². The van der Waals surface area contributed by atoms with E-state index in [4.69, 9.17) is 4.74 Å². The lowest BCUT2D eigenvalue weighted by atomic mass is 10.1. The number of nitrogens with zero attached hydrogens (tertiary/aromatic N) is 3. The van der Waals surface area contributed by atoms with E-state index >= 15 is 0 Å². The first kappa shape index (κ1) is 24.4. The van der Waals surface area contributed by atoms with Crippen molar-refractivity contribution < 1.29 is 4.74 Å². The third-order valence-electron chi connectivity index (χ3n) is 5.20. The molecule has 1 fully saturated rings. The van der Waals surface area contributed by atoms with Crippen LogP contribution in [-0.4, -0.2) is 58.3 Å². The number of nitrogens with one attached hydrogen (secondary N) is 2. The molecule has 0 aliphatic carbocycles. The molecule has 3 rings (SSSR count). The molecule has 0 saturated carbocycles. The minimum Gasteiger partial charge on any atom is -0.379 e. The largest absolute Gasteiger partial charge is 0.379 e. The lowest BCUT2D eigenvalue weighted by Crippen LogP contribution is -2.37. The number of anilines is 1. The van der Waals surface area contributed by atoms with Crippen LogP contribution in [0.15, 0.2) is 53.5 Å². The number of morpholine rings is 1. The van der Waals surface area contributed by atoms with Gasteiger partial charge in [0.05, 0.1) is 13.2 Å². The molecule has 1 aliphatic rings. The minimum absolute atomic E-state index is 0. The number of aliphatic imine (C=N–C) groups is 1. The highest BCUT2D eigenvalue weighted by molar-refractivity contribution is 14.0. The molecule has 7 heteroatoms. The third kappa shape index (κ3) is 7.45. The van der Waals surface area contributed by atoms with Crippen molar-refractivity contribution in [2.24, 2.45) is 4.99 Å². The zero-order valence-electron chi connectivity index (χ0n) is 18.2. The first-order chi connectivity index (χ1) is 14.2. The second kappa shape index (κ2) is 12.8. The van der Waals surface area contributed by atoms with Crippen LogP contribution in [-0.2, 0) is 24.4 Å². The zero-order valence-corrected chi connectivity index (χ0v) is 20.6. The van der Waals surface area contributed by atoms with Crippen molar-refractivity contribution in [2.45, 2.75) is 19.6 Å². The lowest BCUT2D eigenvalue weighted by Gasteiger charge is -2.27. The molecule has 0 bridgehead atoms. The van der Waals surface area contributed by atoms with E-state index in [2.05, 4.69) is 88.1 Å². The standard InChI is InChI=1S/C23H33N5O.HI/c1-24-23(25-16-19-8-10-22(11-9-19)27(2)3)26-17-20-6-4-5-7-21(20)18-28-12-14-29-15-13-28;/h4-11H,12-18H2,1-3H3,(H2,24,25,26);1H. The summed E-state index contributed by atoms with van der Waals surface area (Å²) in [6.07, 6.45) is 0. The molecule has 2 aromatic rings. The average Bonchev–Trinajstić information content (AvgIpc) is 2.76. The highest BCUT2D eigenvalue weighted by Crippen LogP contribution is 2.14. The van der Waals surface area contributed by atoms with Crippen molar-refractivity contribution >= 4 is 35.6 Å². The average molecular weight is 523 g/mol. The smallest absolute Gasteiger partial charge is 0.191 e. The van der Waals surface area contributed by atoms with Gasteiger partial charge in [-0.25, -0.2) is 0 Å². The normalized spacial score (nSPS) is 14.7. The summed E-state index contributed by atoms with van der Waals surface area (Å²) in [6.45, 7) is 6.10. The Morgan fingerprint density at radius 3 is 2.23 bits per heavy atom. The van der Waals surface area contributed by atoms with Crippen LogP contribution in [0.5, 0.6) is 0 Å². The van der Waals surface area contributed by atoms with Crippen molar-refractivity contribution in [1.29, 1.82) is 0 Å². The van der Waals surface area contributed by atoms with Crippen LogP contribution in [0.3, 0.4) is 0 Å². The van der Waals surface area contributed by atoms with Gasteiger partial charge in [0, 0.05) is 59.6 Å². The number of benzene rings is 2. The van der Waals surface area contributed by atoms with E-state index in [9.17, 15) is 0 Å². The summed E-state index contributed by atoms with van der Waals surface area (Å²) in [5.74, 6) is 0.808. The molecule has 0 radical (unpaired) electrons. The van der Waals surface area contributed by atoms with Gasteiger partial charge in [-0.2, -0.15) is 0 Å². The first-order valence-corrected chi connectivity index (χ1v) is 10.2. The number of ether oxygens (including phenoxy) is 1. The Morgan fingerprint density at radius 1 is 0.967 bits per heavy atom. The molecule has 0 unspecified atom stereocenters. The Hall–Kier alpha value is -1.84. The van der Waals surface area contributed by atoms with Gasteiger partial charge in [-0.05, 0) is 28.8 Å². The van der Waals surface area contributed by atoms with Gasteiger partial charge >= 0.3 is 0 Å². The van der Waals surface area contributed by atoms with Crippen LogP contribution in [0, 0.1) is 0 Å². The molecule has 2 N–H and O–H groups in total. The van der Waals surface area contributed by atoms with Gasteiger partial charge < -0.3 is 20.3 Å². The number of hydrogen-bond donors (Lipinski definition) is 2. The highest BCUT2D eigenvalue weighted by atomic mass is 127. The van der Waals surface area contributed by atoms with E-state index in [1.54, 1.807) is 0 Å². The fraction of sp³-hybridized carbons (Fsp3) is 0.435. The Kier molecular flexibility index (Phi) is 10.4. The minimum atomic E-state index is 0. The summed E-state index contributed by atoms with van der Waals surface area (Å²) in [5.41, 5.74) is 5.09. The van der Waals surface area contributed by atoms with Crippen LogP contribution >= 0.6 is 24.0 Å². The molecule has 0 spiro atoms. The molecule has 1 aliphatic heterocycles. The summed E-state index contributed by atoms with van der Waals surface area (Å²) in [4.78, 5) is 8.92. The van der Waals surface area contributed by atoms with Crippen LogP contribution in [0.4, 0.5) is 5.69 Å². The maximum absolute atomic E-state index is 5.46. The summed E-state index contributed by atoms with van der Waals surface area (Å²) in [6, 6.07) is 17.2. The molecule has 0 aromatic heterocycles. The third-order valence-corrected chi connectivity index (χ3v) is 5.20. The van der Waals surface area contributed by atoms with Gasteiger partial charge in [-0.15, -0.1) is 24.0 Å². The molecule has 164 valence electrons. The molecule has 1 saturated heterocycles. The summed E-state index contributed by atoms with van der Waals surface area (Å²) < 4.78 is 5.46. The van der Waals surface area contributed by atoms with Crippen LogP contribution in [0.25, 0.3) is 0 Å². The Balaban J connectivity index is 0.00000320. The van der Waals surface area contributed by atoms with Crippen molar-refractivity contribution in [2.75, 3.05) is 52.3 Å². The monoisotopic (exact) mass is 523 g/mol. The van der Waals surface area contributed by atoms with E-state index in [0.29, 0.717) is 0 Å². The topological polar surface area (TPSA) is 52.1 Å². The maximum atomic E-state index is 5.46. The first-order valence-electron chi connectivity index (χ1n) is 10.2. The van der Waals surface area contributed by atoms with Gasteiger partial charge in [0.1, 0.15) is 0 Å². The predicted molar refractivity (Wildman–Crippen MR) is 136 cm³/mol. The molecular formula is C23H34IN5O. The van der Waals surface area contributed by atoms with Gasteiger partial charge in [-0.3, -0.25) is 9.89 Å². The van der Waals surface area contributed by atoms with E-state index in [1.165, 1.54) is 22.4 Å². The maximum Gasteiger partial charge on any atom is 0.191 e. The summed E-state index contributed by atoms with van der Waals surface area (Å²) >= 11 is 0. The van der Waals surface area contributed by atoms with E-state index < -0.39 is 0 Å². The van der Waals surface area contributed by atoms with Gasteiger partial charge in [-0.1, -0.05) is 36.4 Å². The Labute approximate surface area is 197 Å². The lowest BCUT2D eigenvalue weighted by molar-refractivity contribution is 0.0341. The fourth-order valence-corrected chi connectivity index (χ4v) is 3.38. The van der Waals surface area contributed by atoms with E-state index in [0.717, 1.165) is 51.9 Å². The summed E-state index contributed by atoms with van der Waals surface area (Å²) in [5, 5.41) is 6.85. The number of rotatable bonds is 7. The van der Waals surface area contributed by atoms with E-state index in [-0.39, 0.29) is 24.0 Å². The van der Waals surface area contributed by atoms with Crippen molar-refractivity contribution in [3.63, 3.8) is 0 Å². The van der Waals surface area contributed by atoms with Crippen LogP contribution in [0.2, 0.25) is 0 Å². The number of guanidine groups is 1. The fourth-order valence-electron chi connectivity index (χ4n) is 3.38. The molecular weight excluding hydrogens is 489 g/mol. The van der Waals surface area contributed by atoms with Crippen molar-refractivity contribution in [3.05, 3.63) is 65.2 Å². The highest BCUT2D eigenvalue weighted by Gasteiger charge is 2.12. The predicted octanol–water partition coefficient (Wildman–Crippen LogP) is 3.07. The number of halogens is 1. The second-order valence-electron chi connectivity index (χ2n) is 7.50. The number of hydrogen-bond acceptors (Lipinski definition) is 4. The Morgan fingerprint density at radius 2 is 1.60 bits per heavy atom. The van der Waals surface area contributed by atoms with Crippen LogP contribution in [0.1, 0.15) is 16.7 Å². The molecule has 30 heavy (non-hydrogen) atoms. The second-order valence-corrected chi connectivity index (χ2v) is 7.50. The zero-order chi connectivity index (χ0) is 20.5. The molecule has 6 nitrogen and oxygen atoms in total. The molecule has 2 aromatic carbocycles. The van der Waals surface area contributed by atoms with Gasteiger partial charge in [0.15, 0.2) is 5.96 Å². The SMILES string of the molecule is CN=C(NCc1ccc(N(C)C)cc1)NCc1ccccc1CN1CCOCC1.I. The molecule has 1 heterocycles. The quantitative estimate of drug-likeness (QED) is 0.332. The van der Waals surface area contributed by atoms with Gasteiger partial charge in [0.25, 0.3) is 0 Å². The van der Waals surface area contributed by atoms with Crippen LogP contribution < -0.4 is 15.5 Å². The van der Waals surface area contributed by atoms with E-state index in [1.807, 2.05) is 7.05 Å². The Bertz CT molecular complexity index is 788. The van der Waals surface area contributed by atoms with Gasteiger partial charge in [0.2, 0.25) is 0 Å². The molecule has 0 atom stereocenters. The molecule has 0 amide bonds. The van der Waals surface area contributed by atoms with Crippen molar-refractivity contribution in [1.82, 2.24) is 15.5 Å².